The highest BCUT2D eigenvalue weighted by molar-refractivity contribution is 8.00. The first-order valence-electron chi connectivity index (χ1n) is 12.6. The van der Waals surface area contributed by atoms with Crippen LogP contribution in [-0.2, 0) is 4.79 Å². The maximum absolute atomic E-state index is 14.1. The van der Waals surface area contributed by atoms with Crippen molar-refractivity contribution < 1.29 is 18.7 Å². The number of anilines is 2. The van der Waals surface area contributed by atoms with Gasteiger partial charge in [0.2, 0.25) is 5.91 Å². The molecule has 198 valence electrons. The van der Waals surface area contributed by atoms with Gasteiger partial charge in [0.05, 0.1) is 5.56 Å². The molecule has 1 unspecified atom stereocenters. The van der Waals surface area contributed by atoms with Crippen molar-refractivity contribution in [2.75, 3.05) is 10.6 Å². The first kappa shape index (κ1) is 26.7. The molecule has 0 aromatic heterocycles. The molecule has 7 heteroatoms. The summed E-state index contributed by atoms with van der Waals surface area (Å²) in [6.45, 7) is 0. The summed E-state index contributed by atoms with van der Waals surface area (Å²) in [5.41, 5.74) is 1.93. The molecule has 2 amide bonds. The van der Waals surface area contributed by atoms with Crippen LogP contribution in [0, 0.1) is 5.82 Å². The Morgan fingerprint density at radius 1 is 0.650 bits per heavy atom. The highest BCUT2D eigenvalue weighted by Crippen LogP contribution is 2.37. The van der Waals surface area contributed by atoms with Crippen LogP contribution in [-0.4, -0.2) is 11.8 Å². The molecular weight excluding hydrogens is 523 g/mol. The maximum Gasteiger partial charge on any atom is 0.258 e. The van der Waals surface area contributed by atoms with E-state index in [1.807, 2.05) is 66.7 Å². The summed E-state index contributed by atoms with van der Waals surface area (Å²) in [6.07, 6.45) is 0. The average Bonchev–Trinajstić information content (AvgIpc) is 2.98. The molecule has 0 aliphatic carbocycles. The zero-order valence-corrected chi connectivity index (χ0v) is 22.1. The molecule has 5 rings (SSSR count). The Morgan fingerprint density at radius 3 is 2.02 bits per heavy atom. The Labute approximate surface area is 236 Å². The lowest BCUT2D eigenvalue weighted by atomic mass is 10.1. The number of thioether (sulfide) groups is 1. The summed E-state index contributed by atoms with van der Waals surface area (Å²) in [4.78, 5) is 26.9. The molecule has 2 N–H and O–H groups in total. The highest BCUT2D eigenvalue weighted by atomic mass is 32.2. The molecule has 0 spiro atoms. The van der Waals surface area contributed by atoms with E-state index in [9.17, 15) is 14.0 Å². The second-order valence-corrected chi connectivity index (χ2v) is 9.98. The molecule has 0 bridgehead atoms. The summed E-state index contributed by atoms with van der Waals surface area (Å²) in [6, 6.07) is 39.1. The van der Waals surface area contributed by atoms with Crippen LogP contribution in [0.4, 0.5) is 15.8 Å². The molecule has 0 aliphatic rings. The first-order valence-corrected chi connectivity index (χ1v) is 13.4. The van der Waals surface area contributed by atoms with Crippen LogP contribution in [0.3, 0.4) is 0 Å². The molecule has 5 nitrogen and oxygen atoms in total. The van der Waals surface area contributed by atoms with Gasteiger partial charge >= 0.3 is 0 Å². The topological polar surface area (TPSA) is 67.4 Å². The highest BCUT2D eigenvalue weighted by Gasteiger charge is 2.23. The number of amides is 2. The van der Waals surface area contributed by atoms with Crippen LogP contribution in [0.2, 0.25) is 0 Å². The number of rotatable bonds is 9. The summed E-state index contributed by atoms with van der Waals surface area (Å²) >= 11 is 1.35. The summed E-state index contributed by atoms with van der Waals surface area (Å²) in [5, 5.41) is 5.17. The monoisotopic (exact) mass is 548 g/mol. The Morgan fingerprint density at radius 2 is 1.30 bits per heavy atom. The van der Waals surface area contributed by atoms with E-state index >= 15 is 0 Å². The van der Waals surface area contributed by atoms with Gasteiger partial charge in [0, 0.05) is 16.3 Å². The Balaban J connectivity index is 1.30. The minimum Gasteiger partial charge on any atom is -0.457 e. The van der Waals surface area contributed by atoms with Crippen LogP contribution in [0.15, 0.2) is 138 Å². The fraction of sp³-hybridized carbons (Fsp3) is 0.0303. The van der Waals surface area contributed by atoms with Gasteiger partial charge in [-0.2, -0.15) is 0 Å². The molecule has 0 fully saturated rings. The zero-order chi connectivity index (χ0) is 27.7. The van der Waals surface area contributed by atoms with Gasteiger partial charge in [-0.05, 0) is 72.3 Å². The number of para-hydroxylation sites is 1. The van der Waals surface area contributed by atoms with Crippen molar-refractivity contribution >= 4 is 35.0 Å². The van der Waals surface area contributed by atoms with E-state index in [-0.39, 0.29) is 11.5 Å². The number of ether oxygens (including phenoxy) is 1. The number of carbonyl (C=O) groups excluding carboxylic acids is 2. The lowest BCUT2D eigenvalue weighted by Crippen LogP contribution is -2.19. The van der Waals surface area contributed by atoms with Crippen LogP contribution in [0.5, 0.6) is 11.5 Å². The molecule has 5 aromatic rings. The molecule has 0 saturated carbocycles. The summed E-state index contributed by atoms with van der Waals surface area (Å²) < 4.78 is 19.9. The van der Waals surface area contributed by atoms with Crippen molar-refractivity contribution in [3.8, 4) is 11.5 Å². The lowest BCUT2D eigenvalue weighted by Gasteiger charge is -2.18. The molecular formula is C33H25FN2O3S. The van der Waals surface area contributed by atoms with E-state index in [0.717, 1.165) is 16.2 Å². The third kappa shape index (κ3) is 6.95. The number of carbonyl (C=O) groups is 2. The molecule has 0 heterocycles. The Hall–Kier alpha value is -4.88. The normalized spacial score (nSPS) is 11.3. The minimum absolute atomic E-state index is 0.0396. The van der Waals surface area contributed by atoms with Crippen molar-refractivity contribution in [2.24, 2.45) is 0 Å². The van der Waals surface area contributed by atoms with Gasteiger partial charge in [0.15, 0.2) is 0 Å². The maximum atomic E-state index is 14.1. The molecule has 40 heavy (non-hydrogen) atoms. The second-order valence-electron chi connectivity index (χ2n) is 8.80. The van der Waals surface area contributed by atoms with E-state index in [2.05, 4.69) is 10.6 Å². The fourth-order valence-electron chi connectivity index (χ4n) is 3.97. The third-order valence-electron chi connectivity index (χ3n) is 5.91. The van der Waals surface area contributed by atoms with Crippen LogP contribution in [0.25, 0.3) is 0 Å². The SMILES string of the molecule is O=C(Nc1cccc(SC(C(=O)Nc2ccc(Oc3ccccc3)cc2)c2ccccc2)c1)c1ccccc1F. The average molecular weight is 549 g/mol. The quantitative estimate of drug-likeness (QED) is 0.182. The van der Waals surface area contributed by atoms with Gasteiger partial charge in [-0.1, -0.05) is 66.7 Å². The number of hydrogen-bond acceptors (Lipinski definition) is 4. The van der Waals surface area contributed by atoms with E-state index in [4.69, 9.17) is 4.74 Å². The smallest absolute Gasteiger partial charge is 0.258 e. The summed E-state index contributed by atoms with van der Waals surface area (Å²) in [7, 11) is 0. The number of hydrogen-bond donors (Lipinski definition) is 2. The van der Waals surface area contributed by atoms with Gasteiger partial charge in [0.1, 0.15) is 22.6 Å². The van der Waals surface area contributed by atoms with Gasteiger partial charge in [-0.3, -0.25) is 9.59 Å². The van der Waals surface area contributed by atoms with E-state index in [1.54, 1.807) is 48.5 Å². The van der Waals surface area contributed by atoms with Crippen LogP contribution >= 0.6 is 11.8 Å². The molecule has 0 aliphatic heterocycles. The number of benzene rings is 5. The predicted molar refractivity (Wildman–Crippen MR) is 157 cm³/mol. The lowest BCUT2D eigenvalue weighted by molar-refractivity contribution is -0.115. The van der Waals surface area contributed by atoms with E-state index in [0.29, 0.717) is 17.1 Å². The van der Waals surface area contributed by atoms with E-state index in [1.165, 1.54) is 30.0 Å². The van der Waals surface area contributed by atoms with Crippen molar-refractivity contribution in [1.29, 1.82) is 0 Å². The largest absolute Gasteiger partial charge is 0.457 e. The van der Waals surface area contributed by atoms with Crippen LogP contribution in [0.1, 0.15) is 21.2 Å². The predicted octanol–water partition coefficient (Wildman–Crippen LogP) is 8.34. The van der Waals surface area contributed by atoms with Gasteiger partial charge in [0.25, 0.3) is 5.91 Å². The van der Waals surface area contributed by atoms with Gasteiger partial charge in [-0.15, -0.1) is 11.8 Å². The number of halogens is 1. The molecule has 5 aromatic carbocycles. The van der Waals surface area contributed by atoms with Crippen molar-refractivity contribution in [3.05, 3.63) is 150 Å². The standard InChI is InChI=1S/C33H25FN2O3S/c34-30-17-8-7-16-29(30)32(37)36-25-12-9-15-28(22-25)40-31(23-10-3-1-4-11-23)33(38)35-24-18-20-27(21-19-24)39-26-13-5-2-6-14-26/h1-22,31H,(H,35,38)(H,36,37). The van der Waals surface area contributed by atoms with Crippen molar-refractivity contribution in [3.63, 3.8) is 0 Å². The Bertz CT molecular complexity index is 1600. The third-order valence-corrected chi connectivity index (χ3v) is 7.15. The zero-order valence-electron chi connectivity index (χ0n) is 21.3. The van der Waals surface area contributed by atoms with Crippen LogP contribution < -0.4 is 15.4 Å². The second kappa shape index (κ2) is 12.8. The molecule has 0 saturated heterocycles. The number of nitrogens with one attached hydrogen (secondary N) is 2. The van der Waals surface area contributed by atoms with Crippen molar-refractivity contribution in [1.82, 2.24) is 0 Å². The van der Waals surface area contributed by atoms with Gasteiger partial charge in [-0.25, -0.2) is 4.39 Å². The fourth-order valence-corrected chi connectivity index (χ4v) is 5.05. The minimum atomic E-state index is -0.592. The molecule has 0 radical (unpaired) electrons. The van der Waals surface area contributed by atoms with Crippen molar-refractivity contribution in [2.45, 2.75) is 10.1 Å². The first-order chi connectivity index (χ1) is 19.5. The summed E-state index contributed by atoms with van der Waals surface area (Å²) in [5.74, 6) is 0.0524. The van der Waals surface area contributed by atoms with Gasteiger partial charge < -0.3 is 15.4 Å². The molecule has 1 atom stereocenters. The van der Waals surface area contributed by atoms with E-state index < -0.39 is 17.0 Å². The Kier molecular flexibility index (Phi) is 8.53.